The van der Waals surface area contributed by atoms with Crippen molar-refractivity contribution in [1.29, 1.82) is 0 Å². The molecule has 94 valence electrons. The summed E-state index contributed by atoms with van der Waals surface area (Å²) in [5.41, 5.74) is 1.18. The van der Waals surface area contributed by atoms with E-state index in [-0.39, 0.29) is 11.6 Å². The fourth-order valence-electron chi connectivity index (χ4n) is 2.46. The lowest BCUT2D eigenvalue weighted by Crippen LogP contribution is -2.40. The normalized spacial score (nSPS) is 24.8. The summed E-state index contributed by atoms with van der Waals surface area (Å²) in [5.74, 6) is 0. The molecule has 0 bridgehead atoms. The molecule has 1 aromatic carbocycles. The summed E-state index contributed by atoms with van der Waals surface area (Å²) in [6.07, 6.45) is 3.82. The summed E-state index contributed by atoms with van der Waals surface area (Å²) in [5, 5.41) is 13.9. The number of rotatable bonds is 3. The molecule has 0 unspecified atom stereocenters. The number of aliphatic hydroxyl groups is 1. The molecule has 0 amide bonds. The van der Waals surface area contributed by atoms with Gasteiger partial charge in [0.15, 0.2) is 0 Å². The summed E-state index contributed by atoms with van der Waals surface area (Å²) in [6, 6.07) is 8.37. The summed E-state index contributed by atoms with van der Waals surface area (Å²) >= 11 is 1.71. The van der Waals surface area contributed by atoms with Crippen LogP contribution in [0.25, 0.3) is 0 Å². The van der Waals surface area contributed by atoms with Crippen LogP contribution in [0.1, 0.15) is 38.4 Å². The van der Waals surface area contributed by atoms with Gasteiger partial charge in [0.1, 0.15) is 0 Å². The lowest BCUT2D eigenvalue weighted by molar-refractivity contribution is 0.131. The Morgan fingerprint density at radius 1 is 1.47 bits per heavy atom. The predicted octanol–water partition coefficient (Wildman–Crippen LogP) is 2.97. The third-order valence-corrected chi connectivity index (χ3v) is 4.20. The monoisotopic (exact) mass is 251 g/mol. The van der Waals surface area contributed by atoms with Crippen molar-refractivity contribution in [3.63, 3.8) is 0 Å². The van der Waals surface area contributed by atoms with Crippen molar-refractivity contribution in [3.05, 3.63) is 29.8 Å². The third-order valence-electron chi connectivity index (χ3n) is 3.47. The van der Waals surface area contributed by atoms with E-state index in [1.807, 2.05) is 12.1 Å². The molecule has 0 saturated carbocycles. The van der Waals surface area contributed by atoms with Gasteiger partial charge in [-0.25, -0.2) is 0 Å². The topological polar surface area (TPSA) is 32.3 Å². The van der Waals surface area contributed by atoms with E-state index in [1.54, 1.807) is 11.8 Å². The zero-order chi connectivity index (χ0) is 12.5. The first-order valence-corrected chi connectivity index (χ1v) is 7.34. The highest BCUT2D eigenvalue weighted by molar-refractivity contribution is 7.98. The Kier molecular flexibility index (Phi) is 3.81. The van der Waals surface area contributed by atoms with Crippen LogP contribution in [-0.4, -0.2) is 22.9 Å². The Bertz CT molecular complexity index is 392. The van der Waals surface area contributed by atoms with E-state index in [0.29, 0.717) is 0 Å². The van der Waals surface area contributed by atoms with Crippen LogP contribution in [0.3, 0.4) is 0 Å². The molecule has 1 aromatic rings. The number of hydrogen-bond donors (Lipinski definition) is 2. The Morgan fingerprint density at radius 3 is 2.82 bits per heavy atom. The van der Waals surface area contributed by atoms with Crippen LogP contribution in [0.2, 0.25) is 0 Å². The SMILES string of the molecule is CSc1cccc([C@@H](O)[C@@H]2CCC(C)(C)N2)c1. The van der Waals surface area contributed by atoms with Gasteiger partial charge in [0.2, 0.25) is 0 Å². The van der Waals surface area contributed by atoms with Crippen LogP contribution in [0.4, 0.5) is 0 Å². The zero-order valence-corrected chi connectivity index (χ0v) is 11.6. The van der Waals surface area contributed by atoms with Crippen molar-refractivity contribution in [2.45, 2.75) is 49.3 Å². The molecule has 1 fully saturated rings. The molecule has 3 heteroatoms. The second-order valence-corrected chi connectivity index (χ2v) is 6.27. The Balaban J connectivity index is 2.11. The van der Waals surface area contributed by atoms with Crippen molar-refractivity contribution in [1.82, 2.24) is 5.32 Å². The molecule has 17 heavy (non-hydrogen) atoms. The lowest BCUT2D eigenvalue weighted by Gasteiger charge is -2.24. The number of aliphatic hydroxyl groups excluding tert-OH is 1. The van der Waals surface area contributed by atoms with E-state index < -0.39 is 6.10 Å². The minimum Gasteiger partial charge on any atom is -0.387 e. The van der Waals surface area contributed by atoms with Gasteiger partial charge in [0.05, 0.1) is 6.10 Å². The van der Waals surface area contributed by atoms with Gasteiger partial charge in [-0.05, 0) is 50.6 Å². The maximum atomic E-state index is 10.4. The van der Waals surface area contributed by atoms with E-state index in [9.17, 15) is 5.11 Å². The fourth-order valence-corrected chi connectivity index (χ4v) is 2.93. The molecule has 2 nitrogen and oxygen atoms in total. The first-order chi connectivity index (χ1) is 8.02. The number of nitrogens with one attached hydrogen (secondary N) is 1. The van der Waals surface area contributed by atoms with Crippen molar-refractivity contribution in [2.75, 3.05) is 6.26 Å². The van der Waals surface area contributed by atoms with Gasteiger partial charge >= 0.3 is 0 Å². The second kappa shape index (κ2) is 5.01. The first kappa shape index (κ1) is 12.9. The highest BCUT2D eigenvalue weighted by Crippen LogP contribution is 2.31. The number of benzene rings is 1. The summed E-state index contributed by atoms with van der Waals surface area (Å²) in [4.78, 5) is 1.21. The van der Waals surface area contributed by atoms with Gasteiger partial charge in [0, 0.05) is 16.5 Å². The molecule has 0 spiro atoms. The Morgan fingerprint density at radius 2 is 2.24 bits per heavy atom. The fraction of sp³-hybridized carbons (Fsp3) is 0.571. The maximum Gasteiger partial charge on any atom is 0.0943 e. The predicted molar refractivity (Wildman–Crippen MR) is 73.4 cm³/mol. The molecular formula is C14H21NOS. The van der Waals surface area contributed by atoms with E-state index >= 15 is 0 Å². The van der Waals surface area contributed by atoms with Crippen LogP contribution in [-0.2, 0) is 0 Å². The smallest absolute Gasteiger partial charge is 0.0943 e. The summed E-state index contributed by atoms with van der Waals surface area (Å²) in [7, 11) is 0. The minimum absolute atomic E-state index is 0.156. The molecule has 1 aliphatic rings. The number of hydrogen-bond acceptors (Lipinski definition) is 3. The Labute approximate surface area is 108 Å². The maximum absolute atomic E-state index is 10.4. The molecule has 2 rings (SSSR count). The molecule has 2 atom stereocenters. The molecule has 1 saturated heterocycles. The molecular weight excluding hydrogens is 230 g/mol. The van der Waals surface area contributed by atoms with Gasteiger partial charge in [-0.1, -0.05) is 12.1 Å². The van der Waals surface area contributed by atoms with Crippen LogP contribution in [0, 0.1) is 0 Å². The minimum atomic E-state index is -0.399. The molecule has 1 heterocycles. The Hall–Kier alpha value is -0.510. The van der Waals surface area contributed by atoms with E-state index in [1.165, 1.54) is 4.90 Å². The second-order valence-electron chi connectivity index (χ2n) is 5.39. The van der Waals surface area contributed by atoms with Crippen molar-refractivity contribution in [2.24, 2.45) is 0 Å². The average molecular weight is 251 g/mol. The highest BCUT2D eigenvalue weighted by Gasteiger charge is 2.34. The van der Waals surface area contributed by atoms with Gasteiger partial charge in [-0.15, -0.1) is 11.8 Å². The van der Waals surface area contributed by atoms with Gasteiger partial charge in [-0.3, -0.25) is 0 Å². The number of thioether (sulfide) groups is 1. The molecule has 0 radical (unpaired) electrons. The summed E-state index contributed by atoms with van der Waals surface area (Å²) < 4.78 is 0. The molecule has 2 N–H and O–H groups in total. The quantitative estimate of drug-likeness (QED) is 0.810. The average Bonchev–Trinajstić information content (AvgIpc) is 2.69. The molecule has 0 aliphatic carbocycles. The third kappa shape index (κ3) is 3.03. The molecule has 0 aromatic heterocycles. The van der Waals surface area contributed by atoms with Crippen molar-refractivity contribution < 1.29 is 5.11 Å². The van der Waals surface area contributed by atoms with Gasteiger partial charge in [-0.2, -0.15) is 0 Å². The van der Waals surface area contributed by atoms with E-state index in [2.05, 4.69) is 37.6 Å². The largest absolute Gasteiger partial charge is 0.387 e. The standard InChI is InChI=1S/C14H21NOS/c1-14(2)8-7-12(15-14)13(16)10-5-4-6-11(9-10)17-3/h4-6,9,12-13,15-16H,7-8H2,1-3H3/t12-,13+/m0/s1. The van der Waals surface area contributed by atoms with Crippen LogP contribution < -0.4 is 5.32 Å². The van der Waals surface area contributed by atoms with Crippen molar-refractivity contribution in [3.8, 4) is 0 Å². The lowest BCUT2D eigenvalue weighted by atomic mass is 10.0. The van der Waals surface area contributed by atoms with E-state index in [0.717, 1.165) is 18.4 Å². The molecule has 1 aliphatic heterocycles. The van der Waals surface area contributed by atoms with Crippen molar-refractivity contribution >= 4 is 11.8 Å². The van der Waals surface area contributed by atoms with Gasteiger partial charge in [0.25, 0.3) is 0 Å². The van der Waals surface area contributed by atoms with Crippen LogP contribution in [0.5, 0.6) is 0 Å². The zero-order valence-electron chi connectivity index (χ0n) is 10.7. The highest BCUT2D eigenvalue weighted by atomic mass is 32.2. The van der Waals surface area contributed by atoms with E-state index in [4.69, 9.17) is 0 Å². The van der Waals surface area contributed by atoms with Crippen LogP contribution in [0.15, 0.2) is 29.2 Å². The first-order valence-electron chi connectivity index (χ1n) is 6.11. The van der Waals surface area contributed by atoms with Gasteiger partial charge < -0.3 is 10.4 Å². The van der Waals surface area contributed by atoms with Crippen LogP contribution >= 0.6 is 11.8 Å². The summed E-state index contributed by atoms with van der Waals surface area (Å²) in [6.45, 7) is 4.38.